The molecule has 0 amide bonds. The van der Waals surface area contributed by atoms with E-state index in [1.807, 2.05) is 7.05 Å². The Kier molecular flexibility index (Phi) is 4.56. The number of nitrogens with one attached hydrogen (secondary N) is 1. The molecule has 0 aliphatic carbocycles. The van der Waals surface area contributed by atoms with Gasteiger partial charge in [-0.05, 0) is 19.0 Å². The molecule has 2 unspecified atom stereocenters. The summed E-state index contributed by atoms with van der Waals surface area (Å²) in [5.74, 6) is 0. The smallest absolute Gasteiger partial charge is 0.0860 e. The Morgan fingerprint density at radius 1 is 1.47 bits per heavy atom. The molecule has 15 heavy (non-hydrogen) atoms. The van der Waals surface area contributed by atoms with E-state index in [9.17, 15) is 0 Å². The van der Waals surface area contributed by atoms with Gasteiger partial charge in [0.25, 0.3) is 0 Å². The Balaban J connectivity index is 2.60. The van der Waals surface area contributed by atoms with E-state index >= 15 is 0 Å². The SMILES string of the molecule is CCN1CCOC(C(NC)C(C)(C)C)C1. The minimum Gasteiger partial charge on any atom is -0.374 e. The Morgan fingerprint density at radius 3 is 2.60 bits per heavy atom. The Morgan fingerprint density at radius 2 is 2.13 bits per heavy atom. The van der Waals surface area contributed by atoms with E-state index in [2.05, 4.69) is 37.9 Å². The second-order valence-electron chi connectivity index (χ2n) is 5.43. The predicted octanol–water partition coefficient (Wildman–Crippen LogP) is 1.34. The van der Waals surface area contributed by atoms with Crippen LogP contribution in [0.2, 0.25) is 0 Å². The lowest BCUT2D eigenvalue weighted by Gasteiger charge is -2.41. The number of likely N-dealkylation sites (N-methyl/N-ethyl adjacent to an activating group) is 2. The summed E-state index contributed by atoms with van der Waals surface area (Å²) < 4.78 is 5.89. The van der Waals surface area contributed by atoms with Crippen LogP contribution in [0.3, 0.4) is 0 Å². The molecule has 1 heterocycles. The Bertz CT molecular complexity index is 189. The van der Waals surface area contributed by atoms with E-state index in [1.165, 1.54) is 0 Å². The van der Waals surface area contributed by atoms with Gasteiger partial charge in [-0.3, -0.25) is 4.90 Å². The zero-order valence-corrected chi connectivity index (χ0v) is 10.8. The Hall–Kier alpha value is -0.120. The zero-order chi connectivity index (χ0) is 11.5. The minimum absolute atomic E-state index is 0.246. The highest BCUT2D eigenvalue weighted by molar-refractivity contribution is 4.89. The molecule has 1 aliphatic rings. The zero-order valence-electron chi connectivity index (χ0n) is 10.8. The quantitative estimate of drug-likeness (QED) is 0.767. The summed E-state index contributed by atoms with van der Waals surface area (Å²) in [5.41, 5.74) is 0.246. The molecule has 90 valence electrons. The molecule has 0 aromatic heterocycles. The molecule has 0 spiro atoms. The van der Waals surface area contributed by atoms with Crippen LogP contribution in [0.5, 0.6) is 0 Å². The maximum atomic E-state index is 5.89. The van der Waals surface area contributed by atoms with E-state index in [0.717, 1.165) is 26.2 Å². The van der Waals surface area contributed by atoms with Crippen LogP contribution >= 0.6 is 0 Å². The number of rotatable bonds is 3. The fourth-order valence-electron chi connectivity index (χ4n) is 2.40. The fraction of sp³-hybridized carbons (Fsp3) is 1.00. The Labute approximate surface area is 94.2 Å². The number of nitrogens with zero attached hydrogens (tertiary/aromatic N) is 1. The molecule has 2 atom stereocenters. The van der Waals surface area contributed by atoms with Gasteiger partial charge >= 0.3 is 0 Å². The van der Waals surface area contributed by atoms with Crippen LogP contribution in [0.25, 0.3) is 0 Å². The summed E-state index contributed by atoms with van der Waals surface area (Å²) in [6, 6.07) is 0.423. The fourth-order valence-corrected chi connectivity index (χ4v) is 2.40. The maximum absolute atomic E-state index is 5.89. The molecule has 1 rings (SSSR count). The van der Waals surface area contributed by atoms with Crippen molar-refractivity contribution >= 4 is 0 Å². The summed E-state index contributed by atoms with van der Waals surface area (Å²) in [6.45, 7) is 13.1. The molecule has 1 aliphatic heterocycles. The lowest BCUT2D eigenvalue weighted by molar-refractivity contribution is -0.0624. The molecule has 0 aromatic carbocycles. The summed E-state index contributed by atoms with van der Waals surface area (Å²) in [6.07, 6.45) is 0.323. The molecular formula is C12H26N2O. The van der Waals surface area contributed by atoms with Crippen LogP contribution in [0.1, 0.15) is 27.7 Å². The molecule has 0 saturated carbocycles. The van der Waals surface area contributed by atoms with Crippen molar-refractivity contribution < 1.29 is 4.74 Å². The monoisotopic (exact) mass is 214 g/mol. The van der Waals surface area contributed by atoms with Crippen LogP contribution in [-0.4, -0.2) is 50.3 Å². The van der Waals surface area contributed by atoms with Crippen molar-refractivity contribution in [3.8, 4) is 0 Å². The minimum atomic E-state index is 0.246. The largest absolute Gasteiger partial charge is 0.374 e. The van der Waals surface area contributed by atoms with Crippen molar-refractivity contribution in [2.45, 2.75) is 39.8 Å². The molecular weight excluding hydrogens is 188 g/mol. The van der Waals surface area contributed by atoms with Gasteiger partial charge in [0.1, 0.15) is 0 Å². The number of ether oxygens (including phenoxy) is 1. The lowest BCUT2D eigenvalue weighted by atomic mass is 9.83. The summed E-state index contributed by atoms with van der Waals surface area (Å²) in [7, 11) is 2.03. The van der Waals surface area contributed by atoms with Gasteiger partial charge in [-0.2, -0.15) is 0 Å². The first-order chi connectivity index (χ1) is 6.99. The molecule has 1 saturated heterocycles. The molecule has 3 nitrogen and oxygen atoms in total. The maximum Gasteiger partial charge on any atom is 0.0860 e. The van der Waals surface area contributed by atoms with E-state index in [1.54, 1.807) is 0 Å². The van der Waals surface area contributed by atoms with Crippen LogP contribution in [-0.2, 0) is 4.74 Å². The highest BCUT2D eigenvalue weighted by atomic mass is 16.5. The molecule has 1 N–H and O–H groups in total. The van der Waals surface area contributed by atoms with Crippen LogP contribution in [0.4, 0.5) is 0 Å². The van der Waals surface area contributed by atoms with Gasteiger partial charge in [-0.25, -0.2) is 0 Å². The van der Waals surface area contributed by atoms with E-state index in [-0.39, 0.29) is 5.41 Å². The van der Waals surface area contributed by atoms with Gasteiger partial charge in [0.15, 0.2) is 0 Å². The van der Waals surface area contributed by atoms with Crippen molar-refractivity contribution in [2.24, 2.45) is 5.41 Å². The van der Waals surface area contributed by atoms with Crippen LogP contribution < -0.4 is 5.32 Å². The number of hydrogen-bond acceptors (Lipinski definition) is 3. The van der Waals surface area contributed by atoms with Gasteiger partial charge < -0.3 is 10.1 Å². The molecule has 0 aromatic rings. The second kappa shape index (κ2) is 5.28. The molecule has 0 bridgehead atoms. The van der Waals surface area contributed by atoms with Gasteiger partial charge in [-0.1, -0.05) is 27.7 Å². The van der Waals surface area contributed by atoms with Crippen molar-refractivity contribution in [2.75, 3.05) is 33.3 Å². The highest BCUT2D eigenvalue weighted by Gasteiger charge is 2.34. The van der Waals surface area contributed by atoms with Crippen LogP contribution in [0, 0.1) is 5.41 Å². The number of morpholine rings is 1. The van der Waals surface area contributed by atoms with Gasteiger partial charge in [0.05, 0.1) is 12.7 Å². The van der Waals surface area contributed by atoms with Gasteiger partial charge in [0, 0.05) is 19.1 Å². The topological polar surface area (TPSA) is 24.5 Å². The predicted molar refractivity (Wildman–Crippen MR) is 64.2 cm³/mol. The molecule has 1 fully saturated rings. The van der Waals surface area contributed by atoms with Crippen LogP contribution in [0.15, 0.2) is 0 Å². The van der Waals surface area contributed by atoms with Crippen molar-refractivity contribution in [3.05, 3.63) is 0 Å². The average Bonchev–Trinajstić information content (AvgIpc) is 2.17. The third-order valence-corrected chi connectivity index (χ3v) is 3.24. The second-order valence-corrected chi connectivity index (χ2v) is 5.43. The summed E-state index contributed by atoms with van der Waals surface area (Å²) >= 11 is 0. The van der Waals surface area contributed by atoms with Gasteiger partial charge in [0.2, 0.25) is 0 Å². The molecule has 0 radical (unpaired) electrons. The highest BCUT2D eigenvalue weighted by Crippen LogP contribution is 2.25. The average molecular weight is 214 g/mol. The third kappa shape index (κ3) is 3.44. The van der Waals surface area contributed by atoms with E-state index in [4.69, 9.17) is 4.74 Å². The van der Waals surface area contributed by atoms with E-state index < -0.39 is 0 Å². The molecule has 3 heteroatoms. The normalized spacial score (nSPS) is 26.6. The first kappa shape index (κ1) is 12.9. The first-order valence-corrected chi connectivity index (χ1v) is 6.00. The van der Waals surface area contributed by atoms with Crippen molar-refractivity contribution in [1.82, 2.24) is 10.2 Å². The first-order valence-electron chi connectivity index (χ1n) is 6.00. The number of hydrogen-bond donors (Lipinski definition) is 1. The standard InChI is InChI=1S/C12H26N2O/c1-6-14-7-8-15-10(9-14)11(13-5)12(2,3)4/h10-11,13H,6-9H2,1-5H3. The summed E-state index contributed by atoms with van der Waals surface area (Å²) in [5, 5.41) is 3.40. The van der Waals surface area contributed by atoms with E-state index in [0.29, 0.717) is 12.1 Å². The third-order valence-electron chi connectivity index (χ3n) is 3.24. The van der Waals surface area contributed by atoms with Crippen molar-refractivity contribution in [1.29, 1.82) is 0 Å². The summed E-state index contributed by atoms with van der Waals surface area (Å²) in [4.78, 5) is 2.46. The van der Waals surface area contributed by atoms with Crippen molar-refractivity contribution in [3.63, 3.8) is 0 Å². The van der Waals surface area contributed by atoms with Gasteiger partial charge in [-0.15, -0.1) is 0 Å². The lowest BCUT2D eigenvalue weighted by Crippen LogP contribution is -2.56.